The van der Waals surface area contributed by atoms with Crippen LogP contribution in [0.5, 0.6) is 11.5 Å². The molecular formula is C25H29N3O4. The number of nitrogens with one attached hydrogen (secondary N) is 1. The van der Waals surface area contributed by atoms with E-state index in [1.165, 1.54) is 12.8 Å². The normalized spacial score (nSPS) is 19.4. The molecule has 2 heterocycles. The molecule has 0 bridgehead atoms. The number of urea groups is 1. The topological polar surface area (TPSA) is 76.8 Å². The third-order valence-corrected chi connectivity index (χ3v) is 6.40. The molecule has 2 fully saturated rings. The maximum atomic E-state index is 12.5. The fourth-order valence-corrected chi connectivity index (χ4v) is 4.64. The van der Waals surface area contributed by atoms with Crippen molar-refractivity contribution in [2.75, 3.05) is 20.2 Å². The number of hydrogen-bond donors (Lipinski definition) is 1. The number of ether oxygens (including phenoxy) is 2. The molecule has 0 radical (unpaired) electrons. The van der Waals surface area contributed by atoms with Gasteiger partial charge >= 0.3 is 6.03 Å². The van der Waals surface area contributed by atoms with Crippen LogP contribution in [0, 0.1) is 6.92 Å². The van der Waals surface area contributed by atoms with Gasteiger partial charge in [-0.25, -0.2) is 9.78 Å². The molecule has 2 aromatic carbocycles. The molecule has 1 unspecified atom stereocenters. The van der Waals surface area contributed by atoms with Crippen LogP contribution < -0.4 is 14.8 Å². The van der Waals surface area contributed by atoms with Crippen LogP contribution in [0.25, 0.3) is 11.1 Å². The number of aromatic nitrogens is 1. The second-order valence-electron chi connectivity index (χ2n) is 8.78. The molecule has 5 rings (SSSR count). The molecule has 1 N–H and O–H groups in total. The minimum Gasteiger partial charge on any atom is -0.493 e. The third-order valence-electron chi connectivity index (χ3n) is 6.40. The van der Waals surface area contributed by atoms with Crippen molar-refractivity contribution < 1.29 is 18.7 Å². The SMILES string of the molecule is COc1ccc(C2CNC(=O)N(Cc3nc4cc(C)ccc4o3)C2)cc1OC1CCCC1. The molecule has 1 atom stereocenters. The first-order valence-electron chi connectivity index (χ1n) is 11.3. The van der Waals surface area contributed by atoms with Crippen LogP contribution in [-0.2, 0) is 6.54 Å². The smallest absolute Gasteiger partial charge is 0.317 e. The van der Waals surface area contributed by atoms with Gasteiger partial charge in [-0.3, -0.25) is 0 Å². The Hall–Kier alpha value is -3.22. The summed E-state index contributed by atoms with van der Waals surface area (Å²) < 4.78 is 17.7. The highest BCUT2D eigenvalue weighted by Gasteiger charge is 2.29. The van der Waals surface area contributed by atoms with Gasteiger partial charge in [0.15, 0.2) is 17.1 Å². The Morgan fingerprint density at radius 1 is 1.16 bits per heavy atom. The van der Waals surface area contributed by atoms with Crippen LogP contribution in [0.3, 0.4) is 0 Å². The summed E-state index contributed by atoms with van der Waals surface area (Å²) in [5, 5.41) is 3.01. The van der Waals surface area contributed by atoms with Crippen molar-refractivity contribution in [2.45, 2.75) is 51.2 Å². The lowest BCUT2D eigenvalue weighted by Gasteiger charge is -2.33. The van der Waals surface area contributed by atoms with Crippen LogP contribution in [0.1, 0.15) is 48.6 Å². The van der Waals surface area contributed by atoms with E-state index >= 15 is 0 Å². The molecule has 1 aliphatic heterocycles. The summed E-state index contributed by atoms with van der Waals surface area (Å²) in [7, 11) is 1.67. The Morgan fingerprint density at radius 3 is 2.81 bits per heavy atom. The lowest BCUT2D eigenvalue weighted by molar-refractivity contribution is 0.170. The van der Waals surface area contributed by atoms with Gasteiger partial charge in [0.2, 0.25) is 5.89 Å². The quantitative estimate of drug-likeness (QED) is 0.603. The van der Waals surface area contributed by atoms with Crippen molar-refractivity contribution in [3.63, 3.8) is 0 Å². The van der Waals surface area contributed by atoms with Gasteiger partial charge in [-0.15, -0.1) is 0 Å². The first-order valence-corrected chi connectivity index (χ1v) is 11.3. The van der Waals surface area contributed by atoms with Crippen molar-refractivity contribution in [1.82, 2.24) is 15.2 Å². The number of rotatable bonds is 6. The molecule has 1 saturated heterocycles. The molecule has 32 heavy (non-hydrogen) atoms. The van der Waals surface area contributed by atoms with Gasteiger partial charge in [0, 0.05) is 19.0 Å². The Balaban J connectivity index is 1.33. The monoisotopic (exact) mass is 435 g/mol. The van der Waals surface area contributed by atoms with E-state index in [2.05, 4.69) is 22.4 Å². The first-order chi connectivity index (χ1) is 15.6. The maximum Gasteiger partial charge on any atom is 0.317 e. The molecule has 7 heteroatoms. The molecule has 1 aromatic heterocycles. The van der Waals surface area contributed by atoms with Gasteiger partial charge < -0.3 is 24.1 Å². The molecular weight excluding hydrogens is 406 g/mol. The Bertz CT molecular complexity index is 1120. The minimum absolute atomic E-state index is 0.101. The summed E-state index contributed by atoms with van der Waals surface area (Å²) in [5.41, 5.74) is 3.81. The van der Waals surface area contributed by atoms with Gasteiger partial charge in [-0.1, -0.05) is 12.1 Å². The number of methoxy groups -OCH3 is 1. The predicted octanol–water partition coefficient (Wildman–Crippen LogP) is 4.78. The number of fused-ring (bicyclic) bond motifs is 1. The zero-order valence-electron chi connectivity index (χ0n) is 18.6. The van der Waals surface area contributed by atoms with E-state index in [1.807, 2.05) is 31.2 Å². The van der Waals surface area contributed by atoms with E-state index in [4.69, 9.17) is 13.9 Å². The molecule has 7 nitrogen and oxygen atoms in total. The van der Waals surface area contributed by atoms with Gasteiger partial charge in [0.25, 0.3) is 0 Å². The van der Waals surface area contributed by atoms with E-state index < -0.39 is 0 Å². The van der Waals surface area contributed by atoms with Crippen molar-refractivity contribution in [1.29, 1.82) is 0 Å². The lowest BCUT2D eigenvalue weighted by atomic mass is 9.96. The van der Waals surface area contributed by atoms with Gasteiger partial charge in [0.05, 0.1) is 19.8 Å². The summed E-state index contributed by atoms with van der Waals surface area (Å²) in [6.45, 7) is 3.52. The van der Waals surface area contributed by atoms with Crippen LogP contribution in [0.4, 0.5) is 4.79 Å². The van der Waals surface area contributed by atoms with E-state index in [1.54, 1.807) is 12.0 Å². The summed E-state index contributed by atoms with van der Waals surface area (Å²) in [6, 6.07) is 11.9. The molecule has 2 aliphatic rings. The zero-order valence-corrected chi connectivity index (χ0v) is 18.6. The van der Waals surface area contributed by atoms with E-state index in [0.717, 1.165) is 46.6 Å². The second kappa shape index (κ2) is 8.73. The number of amides is 2. The van der Waals surface area contributed by atoms with E-state index in [9.17, 15) is 4.79 Å². The lowest BCUT2D eigenvalue weighted by Crippen LogP contribution is -2.49. The molecule has 2 amide bonds. The van der Waals surface area contributed by atoms with Crippen LogP contribution in [0.15, 0.2) is 40.8 Å². The highest BCUT2D eigenvalue weighted by atomic mass is 16.5. The van der Waals surface area contributed by atoms with Crippen molar-refractivity contribution in [3.8, 4) is 11.5 Å². The average Bonchev–Trinajstić information content (AvgIpc) is 3.44. The Morgan fingerprint density at radius 2 is 2.00 bits per heavy atom. The minimum atomic E-state index is -0.101. The van der Waals surface area contributed by atoms with Gasteiger partial charge in [-0.2, -0.15) is 0 Å². The summed E-state index contributed by atoms with van der Waals surface area (Å²) in [6.07, 6.45) is 4.86. The van der Waals surface area contributed by atoms with E-state index in [-0.39, 0.29) is 18.1 Å². The highest BCUT2D eigenvalue weighted by Crippen LogP contribution is 2.35. The number of hydrogen-bond acceptors (Lipinski definition) is 5. The second-order valence-corrected chi connectivity index (χ2v) is 8.78. The average molecular weight is 436 g/mol. The highest BCUT2D eigenvalue weighted by molar-refractivity contribution is 5.76. The molecule has 1 saturated carbocycles. The van der Waals surface area contributed by atoms with Crippen LogP contribution in [-0.4, -0.2) is 42.2 Å². The standard InChI is InChI=1S/C25H29N3O4/c1-16-7-9-21-20(11-16)27-24(32-21)15-28-14-18(13-26-25(28)29)17-8-10-22(30-2)23(12-17)31-19-5-3-4-6-19/h7-12,18-19H,3-6,13-15H2,1-2H3,(H,26,29). The van der Waals surface area contributed by atoms with Crippen molar-refractivity contribution >= 4 is 17.1 Å². The molecule has 168 valence electrons. The summed E-state index contributed by atoms with van der Waals surface area (Å²) in [5.74, 6) is 2.21. The van der Waals surface area contributed by atoms with Gasteiger partial charge in [-0.05, 0) is 68.0 Å². The number of nitrogens with zero attached hydrogens (tertiary/aromatic N) is 2. The maximum absolute atomic E-state index is 12.5. The van der Waals surface area contributed by atoms with Gasteiger partial charge in [0.1, 0.15) is 5.52 Å². The Labute approximate surface area is 187 Å². The fraction of sp³-hybridized carbons (Fsp3) is 0.440. The van der Waals surface area contributed by atoms with Crippen molar-refractivity contribution in [3.05, 3.63) is 53.4 Å². The van der Waals surface area contributed by atoms with Crippen LogP contribution in [0.2, 0.25) is 0 Å². The Kier molecular flexibility index (Phi) is 5.64. The number of carbonyl (C=O) groups is 1. The zero-order chi connectivity index (χ0) is 22.1. The predicted molar refractivity (Wildman–Crippen MR) is 121 cm³/mol. The largest absolute Gasteiger partial charge is 0.493 e. The summed E-state index contributed by atoms with van der Waals surface area (Å²) in [4.78, 5) is 18.9. The van der Waals surface area contributed by atoms with Crippen molar-refractivity contribution in [2.24, 2.45) is 0 Å². The fourth-order valence-electron chi connectivity index (χ4n) is 4.64. The number of benzene rings is 2. The summed E-state index contributed by atoms with van der Waals surface area (Å²) >= 11 is 0. The third kappa shape index (κ3) is 4.24. The molecule has 1 aliphatic carbocycles. The molecule has 3 aromatic rings. The first kappa shape index (κ1) is 20.7. The number of aryl methyl sites for hydroxylation is 1. The number of oxazole rings is 1. The van der Waals surface area contributed by atoms with Crippen LogP contribution >= 0.6 is 0 Å². The number of carbonyl (C=O) groups excluding carboxylic acids is 1. The molecule has 0 spiro atoms. The van der Waals surface area contributed by atoms with E-state index in [0.29, 0.717) is 25.5 Å².